The SMILES string of the molecule is CCCC1OCC(C#N)(C(=O)Oc2ccc(C)cc2)CO1. The van der Waals surface area contributed by atoms with E-state index >= 15 is 0 Å². The molecule has 21 heavy (non-hydrogen) atoms. The summed E-state index contributed by atoms with van der Waals surface area (Å²) < 4.78 is 16.2. The first-order chi connectivity index (χ1) is 10.1. The Morgan fingerprint density at radius 3 is 2.52 bits per heavy atom. The highest BCUT2D eigenvalue weighted by Crippen LogP contribution is 2.28. The third-order valence-corrected chi connectivity index (χ3v) is 3.39. The Morgan fingerprint density at radius 1 is 1.38 bits per heavy atom. The first-order valence-electron chi connectivity index (χ1n) is 7.03. The molecule has 0 N–H and O–H groups in total. The molecule has 0 spiro atoms. The molecule has 1 aromatic carbocycles. The van der Waals surface area contributed by atoms with E-state index in [0.717, 1.165) is 18.4 Å². The highest BCUT2D eigenvalue weighted by Gasteiger charge is 2.46. The lowest BCUT2D eigenvalue weighted by Gasteiger charge is -2.33. The van der Waals surface area contributed by atoms with Gasteiger partial charge in [-0.3, -0.25) is 0 Å². The Bertz CT molecular complexity index is 524. The molecule has 0 bridgehead atoms. The first-order valence-corrected chi connectivity index (χ1v) is 7.03. The van der Waals surface area contributed by atoms with Crippen LogP contribution in [0.15, 0.2) is 24.3 Å². The molecule has 0 atom stereocenters. The fourth-order valence-electron chi connectivity index (χ4n) is 2.00. The third kappa shape index (κ3) is 3.60. The molecule has 1 aliphatic heterocycles. The lowest BCUT2D eigenvalue weighted by molar-refractivity contribution is -0.222. The molecule has 0 unspecified atom stereocenters. The van der Waals surface area contributed by atoms with Crippen LogP contribution in [-0.4, -0.2) is 25.5 Å². The van der Waals surface area contributed by atoms with Crippen LogP contribution < -0.4 is 4.74 Å². The summed E-state index contributed by atoms with van der Waals surface area (Å²) in [6.45, 7) is 3.96. The van der Waals surface area contributed by atoms with Gasteiger partial charge < -0.3 is 14.2 Å². The Balaban J connectivity index is 2.02. The number of carbonyl (C=O) groups is 1. The normalized spacial score (nSPS) is 25.1. The van der Waals surface area contributed by atoms with Gasteiger partial charge in [-0.25, -0.2) is 4.79 Å². The number of esters is 1. The number of ether oxygens (including phenoxy) is 3. The van der Waals surface area contributed by atoms with Crippen LogP contribution in [-0.2, 0) is 14.3 Å². The van der Waals surface area contributed by atoms with E-state index in [1.807, 2.05) is 32.0 Å². The minimum atomic E-state index is -1.39. The molecular formula is C16H19NO4. The second kappa shape index (κ2) is 6.70. The zero-order chi connectivity index (χ0) is 15.3. The van der Waals surface area contributed by atoms with E-state index in [4.69, 9.17) is 14.2 Å². The monoisotopic (exact) mass is 289 g/mol. The lowest BCUT2D eigenvalue weighted by Crippen LogP contribution is -2.48. The van der Waals surface area contributed by atoms with Crippen LogP contribution in [0.2, 0.25) is 0 Å². The van der Waals surface area contributed by atoms with Crippen molar-refractivity contribution in [3.8, 4) is 11.8 Å². The molecular weight excluding hydrogens is 270 g/mol. The third-order valence-electron chi connectivity index (χ3n) is 3.39. The van der Waals surface area contributed by atoms with Crippen LogP contribution in [0.4, 0.5) is 0 Å². The number of carbonyl (C=O) groups excluding carboxylic acids is 1. The molecule has 5 nitrogen and oxygen atoms in total. The first kappa shape index (κ1) is 15.5. The summed E-state index contributed by atoms with van der Waals surface area (Å²) in [4.78, 5) is 12.3. The number of benzene rings is 1. The number of hydrogen-bond donors (Lipinski definition) is 0. The molecule has 0 aromatic heterocycles. The second-order valence-electron chi connectivity index (χ2n) is 5.24. The van der Waals surface area contributed by atoms with Crippen molar-refractivity contribution in [3.05, 3.63) is 29.8 Å². The van der Waals surface area contributed by atoms with E-state index in [1.54, 1.807) is 12.1 Å². The van der Waals surface area contributed by atoms with E-state index in [1.165, 1.54) is 0 Å². The van der Waals surface area contributed by atoms with Gasteiger partial charge in [-0.05, 0) is 25.5 Å². The largest absolute Gasteiger partial charge is 0.425 e. The summed E-state index contributed by atoms with van der Waals surface area (Å²) >= 11 is 0. The molecule has 1 fully saturated rings. The van der Waals surface area contributed by atoms with Crippen LogP contribution in [0, 0.1) is 23.7 Å². The van der Waals surface area contributed by atoms with Gasteiger partial charge in [0.2, 0.25) is 5.41 Å². The number of aryl methyl sites for hydroxylation is 1. The van der Waals surface area contributed by atoms with Gasteiger partial charge in [0.15, 0.2) is 6.29 Å². The maximum Gasteiger partial charge on any atom is 0.336 e. The van der Waals surface area contributed by atoms with Crippen LogP contribution in [0.5, 0.6) is 5.75 Å². The molecule has 1 saturated heterocycles. The lowest BCUT2D eigenvalue weighted by atomic mass is 9.91. The molecule has 0 amide bonds. The Labute approximate surface area is 124 Å². The standard InChI is InChI=1S/C16H19NO4/c1-3-4-14-19-10-16(9-17,11-20-14)15(18)21-13-7-5-12(2)6-8-13/h5-8,14H,3-4,10-11H2,1-2H3. The predicted molar refractivity (Wildman–Crippen MR) is 75.5 cm³/mol. The maximum atomic E-state index is 12.3. The molecule has 5 heteroatoms. The van der Waals surface area contributed by atoms with E-state index < -0.39 is 11.4 Å². The van der Waals surface area contributed by atoms with E-state index in [2.05, 4.69) is 0 Å². The van der Waals surface area contributed by atoms with Crippen LogP contribution in [0.1, 0.15) is 25.3 Å². The predicted octanol–water partition coefficient (Wildman–Crippen LogP) is 2.58. The summed E-state index contributed by atoms with van der Waals surface area (Å²) in [5.41, 5.74) is -0.327. The second-order valence-corrected chi connectivity index (χ2v) is 5.24. The van der Waals surface area contributed by atoms with Crippen molar-refractivity contribution in [2.24, 2.45) is 5.41 Å². The van der Waals surface area contributed by atoms with Crippen molar-refractivity contribution in [1.29, 1.82) is 5.26 Å². The Kier molecular flexibility index (Phi) is 4.94. The molecule has 112 valence electrons. The molecule has 2 rings (SSSR count). The summed E-state index contributed by atoms with van der Waals surface area (Å²) in [5.74, 6) is -0.222. The van der Waals surface area contributed by atoms with E-state index in [0.29, 0.717) is 5.75 Å². The summed E-state index contributed by atoms with van der Waals surface area (Å²) in [5, 5.41) is 9.34. The molecule has 0 saturated carbocycles. The molecule has 1 heterocycles. The number of nitrogens with zero attached hydrogens (tertiary/aromatic N) is 1. The van der Waals surface area contributed by atoms with Gasteiger partial charge in [0.05, 0.1) is 19.3 Å². The fraction of sp³-hybridized carbons (Fsp3) is 0.500. The summed E-state index contributed by atoms with van der Waals surface area (Å²) in [6, 6.07) is 9.06. The van der Waals surface area contributed by atoms with Gasteiger partial charge in [-0.1, -0.05) is 31.0 Å². The minimum absolute atomic E-state index is 0.00113. The van der Waals surface area contributed by atoms with Crippen molar-refractivity contribution >= 4 is 5.97 Å². The van der Waals surface area contributed by atoms with Gasteiger partial charge in [0.1, 0.15) is 5.75 Å². The average Bonchev–Trinajstić information content (AvgIpc) is 2.51. The van der Waals surface area contributed by atoms with Crippen molar-refractivity contribution in [3.63, 3.8) is 0 Å². The van der Waals surface area contributed by atoms with Gasteiger partial charge in [0.25, 0.3) is 0 Å². The van der Waals surface area contributed by atoms with Gasteiger partial charge in [-0.15, -0.1) is 0 Å². The van der Waals surface area contributed by atoms with Crippen LogP contribution in [0.3, 0.4) is 0 Å². The fourth-order valence-corrected chi connectivity index (χ4v) is 2.00. The molecule has 1 aliphatic rings. The zero-order valence-electron chi connectivity index (χ0n) is 12.3. The Hall–Kier alpha value is -1.90. The molecule has 0 aliphatic carbocycles. The number of hydrogen-bond acceptors (Lipinski definition) is 5. The van der Waals surface area contributed by atoms with Crippen molar-refractivity contribution < 1.29 is 19.0 Å². The number of nitriles is 1. The minimum Gasteiger partial charge on any atom is -0.425 e. The Morgan fingerprint density at radius 2 is 2.00 bits per heavy atom. The van der Waals surface area contributed by atoms with Crippen LogP contribution >= 0.6 is 0 Å². The number of rotatable bonds is 4. The van der Waals surface area contributed by atoms with E-state index in [9.17, 15) is 10.1 Å². The van der Waals surface area contributed by atoms with E-state index in [-0.39, 0.29) is 19.5 Å². The van der Waals surface area contributed by atoms with Gasteiger partial charge >= 0.3 is 5.97 Å². The topological polar surface area (TPSA) is 68.5 Å². The summed E-state index contributed by atoms with van der Waals surface area (Å²) in [7, 11) is 0. The maximum absolute atomic E-state index is 12.3. The zero-order valence-corrected chi connectivity index (χ0v) is 12.3. The molecule has 0 radical (unpaired) electrons. The van der Waals surface area contributed by atoms with Crippen molar-refractivity contribution in [2.45, 2.75) is 33.0 Å². The smallest absolute Gasteiger partial charge is 0.336 e. The average molecular weight is 289 g/mol. The highest BCUT2D eigenvalue weighted by atomic mass is 16.7. The van der Waals surface area contributed by atoms with Gasteiger partial charge in [0, 0.05) is 0 Å². The highest BCUT2D eigenvalue weighted by molar-refractivity contribution is 5.82. The van der Waals surface area contributed by atoms with Gasteiger partial charge in [-0.2, -0.15) is 5.26 Å². The summed E-state index contributed by atoms with van der Waals surface area (Å²) in [6.07, 6.45) is 1.32. The van der Waals surface area contributed by atoms with Crippen molar-refractivity contribution in [2.75, 3.05) is 13.2 Å². The quantitative estimate of drug-likeness (QED) is 0.629. The van der Waals surface area contributed by atoms with Crippen molar-refractivity contribution in [1.82, 2.24) is 0 Å². The van der Waals surface area contributed by atoms with Crippen LogP contribution in [0.25, 0.3) is 0 Å². The molecule has 1 aromatic rings.